The van der Waals surface area contributed by atoms with Crippen molar-refractivity contribution in [3.8, 4) is 0 Å². The molecule has 0 saturated carbocycles. The van der Waals surface area contributed by atoms with E-state index >= 15 is 0 Å². The summed E-state index contributed by atoms with van der Waals surface area (Å²) in [6.45, 7) is 13.6. The lowest BCUT2D eigenvalue weighted by Crippen LogP contribution is -2.20. The summed E-state index contributed by atoms with van der Waals surface area (Å²) in [5, 5.41) is 3.08. The molecule has 142 valence electrons. The molecule has 0 amide bonds. The molecule has 0 fully saturated rings. The number of aryl methyl sites for hydroxylation is 6. The predicted molar refractivity (Wildman–Crippen MR) is 123 cm³/mol. The first-order valence-corrected chi connectivity index (χ1v) is 11.6. The monoisotopic (exact) mass is 376 g/mol. The lowest BCUT2D eigenvalue weighted by atomic mass is 10.00. The molecule has 0 spiro atoms. The van der Waals surface area contributed by atoms with Crippen molar-refractivity contribution >= 4 is 18.5 Å². The number of benzene rings is 2. The Balaban J connectivity index is 2.16. The van der Waals surface area contributed by atoms with Crippen molar-refractivity contribution in [3.05, 3.63) is 81.2 Å². The van der Waals surface area contributed by atoms with Gasteiger partial charge in [0.25, 0.3) is 0 Å². The van der Waals surface area contributed by atoms with E-state index in [0.29, 0.717) is 0 Å². The van der Waals surface area contributed by atoms with Crippen LogP contribution in [0.2, 0.25) is 0 Å². The Morgan fingerprint density at radius 3 is 1.59 bits per heavy atom. The molecule has 3 rings (SSSR count). The van der Waals surface area contributed by atoms with Crippen LogP contribution < -0.4 is 10.6 Å². The molecule has 0 atom stereocenters. The molecule has 2 aromatic rings. The van der Waals surface area contributed by atoms with Gasteiger partial charge in [-0.15, -0.1) is 0 Å². The molecule has 0 nitrogen and oxygen atoms in total. The summed E-state index contributed by atoms with van der Waals surface area (Å²) in [6, 6.07) is 9.41. The van der Waals surface area contributed by atoms with E-state index in [1.165, 1.54) is 64.6 Å². The Kier molecular flexibility index (Phi) is 6.38. The summed E-state index contributed by atoms with van der Waals surface area (Å²) >= 11 is 0. The molecule has 0 saturated heterocycles. The van der Waals surface area contributed by atoms with Gasteiger partial charge in [-0.2, -0.15) is 0 Å². The Bertz CT molecular complexity index is 795. The average molecular weight is 377 g/mol. The molecule has 0 N–H and O–H groups in total. The first-order chi connectivity index (χ1) is 12.9. The smallest absolute Gasteiger partial charge is 0.00977 e. The number of rotatable bonds is 4. The zero-order valence-electron chi connectivity index (χ0n) is 17.8. The molecule has 0 aliphatic heterocycles. The Morgan fingerprint density at radius 1 is 0.704 bits per heavy atom. The van der Waals surface area contributed by atoms with E-state index in [0.717, 1.165) is 0 Å². The quantitative estimate of drug-likeness (QED) is 0.505. The van der Waals surface area contributed by atoms with E-state index in [-0.39, 0.29) is 0 Å². The minimum atomic E-state index is -0.505. The highest BCUT2D eigenvalue weighted by molar-refractivity contribution is 7.76. The third-order valence-electron chi connectivity index (χ3n) is 5.52. The van der Waals surface area contributed by atoms with Crippen LogP contribution >= 0.6 is 7.92 Å². The summed E-state index contributed by atoms with van der Waals surface area (Å²) in [5.74, 6) is 2.53. The molecule has 27 heavy (non-hydrogen) atoms. The van der Waals surface area contributed by atoms with Gasteiger partial charge >= 0.3 is 0 Å². The second-order valence-electron chi connectivity index (χ2n) is 8.21. The van der Waals surface area contributed by atoms with E-state index in [1.807, 2.05) is 0 Å². The molecule has 0 unspecified atom stereocenters. The van der Waals surface area contributed by atoms with E-state index < -0.39 is 7.92 Å². The van der Waals surface area contributed by atoms with E-state index in [1.54, 1.807) is 10.6 Å². The van der Waals surface area contributed by atoms with Crippen LogP contribution in [0.4, 0.5) is 0 Å². The molecular weight excluding hydrogens is 343 g/mol. The van der Waals surface area contributed by atoms with Crippen LogP contribution in [0.3, 0.4) is 0 Å². The lowest BCUT2D eigenvalue weighted by Gasteiger charge is -2.24. The van der Waals surface area contributed by atoms with Crippen LogP contribution in [0.1, 0.15) is 59.1 Å². The highest BCUT2D eigenvalue weighted by Crippen LogP contribution is 2.41. The van der Waals surface area contributed by atoms with Gasteiger partial charge in [-0.1, -0.05) is 58.9 Å². The molecule has 0 bridgehead atoms. The Hall–Kier alpha value is -1.65. The summed E-state index contributed by atoms with van der Waals surface area (Å²) in [7, 11) is -0.505. The van der Waals surface area contributed by atoms with Gasteiger partial charge in [0, 0.05) is 0 Å². The van der Waals surface area contributed by atoms with Gasteiger partial charge in [0.05, 0.1) is 0 Å². The van der Waals surface area contributed by atoms with Crippen molar-refractivity contribution in [2.75, 3.05) is 0 Å². The maximum Gasteiger partial charge on any atom is -0.00977 e. The van der Waals surface area contributed by atoms with Gasteiger partial charge in [-0.3, -0.25) is 0 Å². The number of hydrogen-bond acceptors (Lipinski definition) is 0. The Labute approximate surface area is 167 Å². The van der Waals surface area contributed by atoms with E-state index in [4.69, 9.17) is 0 Å². The van der Waals surface area contributed by atoms with Crippen LogP contribution in [-0.4, -0.2) is 0 Å². The van der Waals surface area contributed by atoms with Crippen LogP contribution in [0.15, 0.2) is 47.8 Å². The van der Waals surface area contributed by atoms with Gasteiger partial charge in [-0.05, 0) is 108 Å². The fraction of sp³-hybridized carbons (Fsp3) is 0.385. The molecule has 1 aliphatic carbocycles. The van der Waals surface area contributed by atoms with Crippen LogP contribution in [-0.2, 0) is 0 Å². The normalized spacial score (nSPS) is 14.9. The second-order valence-corrected chi connectivity index (χ2v) is 10.1. The minimum Gasteiger partial charge on any atom is -0.0813 e. The third-order valence-corrected chi connectivity index (χ3v) is 8.34. The molecule has 0 radical (unpaired) electrons. The van der Waals surface area contributed by atoms with Gasteiger partial charge in [0.1, 0.15) is 0 Å². The van der Waals surface area contributed by atoms with Crippen molar-refractivity contribution in [2.24, 2.45) is 0 Å². The molecule has 1 aliphatic rings. The summed E-state index contributed by atoms with van der Waals surface area (Å²) in [6.07, 6.45) is 10.0. The average Bonchev–Trinajstić information content (AvgIpc) is 2.58. The largest absolute Gasteiger partial charge is 0.0813 e. The number of allylic oxidation sites excluding steroid dienone is 3. The summed E-state index contributed by atoms with van der Waals surface area (Å²) in [5.41, 5.74) is 9.97. The zero-order chi connectivity index (χ0) is 19.6. The summed E-state index contributed by atoms with van der Waals surface area (Å²) < 4.78 is 0. The summed E-state index contributed by atoms with van der Waals surface area (Å²) in [4.78, 5) is 0. The SMILES string of the molecule is Cc1cc(C)c(P(/C=C/C2=CCCCC2)c2c(C)cc(C)cc2C)c(C)c1. The zero-order valence-corrected chi connectivity index (χ0v) is 18.7. The van der Waals surface area contributed by atoms with Gasteiger partial charge in [0.2, 0.25) is 0 Å². The second kappa shape index (κ2) is 8.57. The van der Waals surface area contributed by atoms with Gasteiger partial charge in [0.15, 0.2) is 0 Å². The van der Waals surface area contributed by atoms with Crippen LogP contribution in [0.25, 0.3) is 0 Å². The molecule has 0 aromatic heterocycles. The van der Waals surface area contributed by atoms with Crippen molar-refractivity contribution < 1.29 is 0 Å². The van der Waals surface area contributed by atoms with Crippen molar-refractivity contribution in [1.29, 1.82) is 0 Å². The molecule has 0 heterocycles. The van der Waals surface area contributed by atoms with Gasteiger partial charge in [-0.25, -0.2) is 0 Å². The predicted octanol–water partition coefficient (Wildman–Crippen LogP) is 6.98. The lowest BCUT2D eigenvalue weighted by molar-refractivity contribution is 0.712. The first kappa shape index (κ1) is 20.1. The highest BCUT2D eigenvalue weighted by Gasteiger charge is 2.20. The van der Waals surface area contributed by atoms with Crippen molar-refractivity contribution in [2.45, 2.75) is 67.2 Å². The molecule has 1 heteroatoms. The molecular formula is C26H33P. The first-order valence-electron chi connectivity index (χ1n) is 10.2. The van der Waals surface area contributed by atoms with Gasteiger partial charge < -0.3 is 0 Å². The highest BCUT2D eigenvalue weighted by atomic mass is 31.1. The van der Waals surface area contributed by atoms with E-state index in [2.05, 4.69) is 83.8 Å². The fourth-order valence-corrected chi connectivity index (χ4v) is 7.19. The maximum absolute atomic E-state index is 2.53. The van der Waals surface area contributed by atoms with Crippen LogP contribution in [0.5, 0.6) is 0 Å². The van der Waals surface area contributed by atoms with Crippen molar-refractivity contribution in [1.82, 2.24) is 0 Å². The van der Waals surface area contributed by atoms with Crippen LogP contribution in [0, 0.1) is 41.5 Å². The Morgan fingerprint density at radius 2 is 1.19 bits per heavy atom. The fourth-order valence-electron chi connectivity index (χ4n) is 4.55. The van der Waals surface area contributed by atoms with Crippen molar-refractivity contribution in [3.63, 3.8) is 0 Å². The third kappa shape index (κ3) is 4.61. The number of hydrogen-bond donors (Lipinski definition) is 0. The minimum absolute atomic E-state index is 0.505. The topological polar surface area (TPSA) is 0 Å². The van der Waals surface area contributed by atoms with E-state index in [9.17, 15) is 0 Å². The molecule has 2 aromatic carbocycles. The maximum atomic E-state index is 2.53. The standard InChI is InChI=1S/C26H33P/c1-18-14-20(3)25(21(4)15-18)27(13-12-24-10-8-7-9-11-24)26-22(5)16-19(2)17-23(26)6/h10,12-17H,7-9,11H2,1-6H3/b13-12+.